The third kappa shape index (κ3) is 5.64. The van der Waals surface area contributed by atoms with E-state index in [4.69, 9.17) is 0 Å². The average Bonchev–Trinajstić information content (AvgIpc) is 3.96. The van der Waals surface area contributed by atoms with Crippen molar-refractivity contribution in [3.05, 3.63) is 220 Å². The summed E-state index contributed by atoms with van der Waals surface area (Å²) in [6.45, 7) is 0. The van der Waals surface area contributed by atoms with Crippen LogP contribution in [0.25, 0.3) is 105 Å². The standard InChI is InChI=1S/C54H33N5O4/c60-58(61)41-20-22-43-45-28-34(16-24-49(45)56(53(43)32-41)39-12-6-2-7-13-39)36-18-26-51-47(30-36)48-31-37(19-27-52(48)55(51)38-10-4-1-5-11-38)35-17-25-50-46(29-35)44-23-21-42(59(62)63)33-54(44)57(50)40-14-8-3-9-15-40/h1-33H. The van der Waals surface area contributed by atoms with Gasteiger partial charge in [0.05, 0.1) is 42.9 Å². The lowest BCUT2D eigenvalue weighted by atomic mass is 9.98. The van der Waals surface area contributed by atoms with Crippen molar-refractivity contribution in [1.29, 1.82) is 0 Å². The van der Waals surface area contributed by atoms with Crippen LogP contribution < -0.4 is 0 Å². The van der Waals surface area contributed by atoms with Crippen LogP contribution in [0, 0.1) is 20.2 Å². The zero-order valence-corrected chi connectivity index (χ0v) is 33.4. The highest BCUT2D eigenvalue weighted by Crippen LogP contribution is 2.42. The molecule has 12 rings (SSSR count). The fourth-order valence-corrected chi connectivity index (χ4v) is 9.55. The second-order valence-corrected chi connectivity index (χ2v) is 15.9. The maximum Gasteiger partial charge on any atom is 0.271 e. The highest BCUT2D eigenvalue weighted by Gasteiger charge is 2.20. The first-order valence-corrected chi connectivity index (χ1v) is 20.6. The number of nitrogens with zero attached hydrogens (tertiary/aromatic N) is 5. The molecule has 9 nitrogen and oxygen atoms in total. The first-order valence-electron chi connectivity index (χ1n) is 20.6. The summed E-state index contributed by atoms with van der Waals surface area (Å²) in [4.78, 5) is 23.1. The fraction of sp³-hybridized carbons (Fsp3) is 0. The van der Waals surface area contributed by atoms with E-state index in [9.17, 15) is 20.2 Å². The molecule has 9 aromatic carbocycles. The van der Waals surface area contributed by atoms with Gasteiger partial charge in [0, 0.05) is 73.6 Å². The van der Waals surface area contributed by atoms with Crippen LogP contribution >= 0.6 is 0 Å². The van der Waals surface area contributed by atoms with Gasteiger partial charge in [0.1, 0.15) is 0 Å². The van der Waals surface area contributed by atoms with Gasteiger partial charge in [0.25, 0.3) is 11.4 Å². The summed E-state index contributed by atoms with van der Waals surface area (Å²) >= 11 is 0. The Balaban J connectivity index is 1.05. The van der Waals surface area contributed by atoms with Gasteiger partial charge < -0.3 is 13.7 Å². The summed E-state index contributed by atoms with van der Waals surface area (Å²) in [5, 5.41) is 29.9. The van der Waals surface area contributed by atoms with E-state index in [1.807, 2.05) is 78.9 Å². The summed E-state index contributed by atoms with van der Waals surface area (Å²) in [7, 11) is 0. The number of hydrogen-bond donors (Lipinski definition) is 0. The lowest BCUT2D eigenvalue weighted by Gasteiger charge is -2.09. The van der Waals surface area contributed by atoms with Crippen LogP contribution in [-0.2, 0) is 0 Å². The molecule has 0 atom stereocenters. The molecule has 0 aliphatic carbocycles. The molecule has 0 spiro atoms. The molecule has 0 radical (unpaired) electrons. The van der Waals surface area contributed by atoms with Crippen molar-refractivity contribution in [2.24, 2.45) is 0 Å². The first-order chi connectivity index (χ1) is 30.9. The number of non-ortho nitro benzene ring substituents is 2. The third-order valence-electron chi connectivity index (χ3n) is 12.4. The maximum absolute atomic E-state index is 11.9. The fourth-order valence-electron chi connectivity index (χ4n) is 9.55. The summed E-state index contributed by atoms with van der Waals surface area (Å²) < 4.78 is 6.51. The van der Waals surface area contributed by atoms with E-state index in [-0.39, 0.29) is 21.2 Å². The normalized spacial score (nSPS) is 11.7. The molecular formula is C54H33N5O4. The van der Waals surface area contributed by atoms with E-state index in [1.165, 1.54) is 0 Å². The van der Waals surface area contributed by atoms with Crippen molar-refractivity contribution in [3.8, 4) is 39.3 Å². The van der Waals surface area contributed by atoms with E-state index in [0.29, 0.717) is 0 Å². The average molecular weight is 816 g/mol. The Labute approximate surface area is 358 Å². The molecule has 63 heavy (non-hydrogen) atoms. The predicted octanol–water partition coefficient (Wildman–Crippen LogP) is 14.1. The Morgan fingerprint density at radius 3 is 0.873 bits per heavy atom. The molecule has 0 unspecified atom stereocenters. The number of benzene rings is 9. The second kappa shape index (κ2) is 13.9. The van der Waals surface area contributed by atoms with E-state index in [2.05, 4.69) is 111 Å². The lowest BCUT2D eigenvalue weighted by molar-refractivity contribution is -0.384. The summed E-state index contributed by atoms with van der Waals surface area (Å²) in [5.41, 5.74) is 12.8. The van der Waals surface area contributed by atoms with Crippen LogP contribution in [0.15, 0.2) is 200 Å². The van der Waals surface area contributed by atoms with Crippen LogP contribution in [0.2, 0.25) is 0 Å². The van der Waals surface area contributed by atoms with Gasteiger partial charge in [0.15, 0.2) is 0 Å². The van der Waals surface area contributed by atoms with Gasteiger partial charge in [-0.25, -0.2) is 0 Å². The van der Waals surface area contributed by atoms with Gasteiger partial charge in [-0.05, 0) is 119 Å². The van der Waals surface area contributed by atoms with Crippen LogP contribution in [0.3, 0.4) is 0 Å². The van der Waals surface area contributed by atoms with E-state index in [0.717, 1.165) is 105 Å². The molecule has 0 fully saturated rings. The van der Waals surface area contributed by atoms with Crippen molar-refractivity contribution in [2.45, 2.75) is 0 Å². The van der Waals surface area contributed by atoms with Crippen molar-refractivity contribution in [2.75, 3.05) is 0 Å². The number of hydrogen-bond acceptors (Lipinski definition) is 4. The molecular weight excluding hydrogens is 783 g/mol. The highest BCUT2D eigenvalue weighted by molar-refractivity contribution is 6.15. The summed E-state index contributed by atoms with van der Waals surface area (Å²) in [6, 6.07) is 66.7. The monoisotopic (exact) mass is 815 g/mol. The molecule has 3 heterocycles. The van der Waals surface area contributed by atoms with Gasteiger partial charge in [-0.1, -0.05) is 78.9 Å². The predicted molar refractivity (Wildman–Crippen MR) is 254 cm³/mol. The van der Waals surface area contributed by atoms with Crippen molar-refractivity contribution < 1.29 is 9.85 Å². The smallest absolute Gasteiger partial charge is 0.271 e. The summed E-state index contributed by atoms with van der Waals surface area (Å²) in [6.07, 6.45) is 0. The molecule has 3 aromatic heterocycles. The quantitative estimate of drug-likeness (QED) is 0.118. The third-order valence-corrected chi connectivity index (χ3v) is 12.4. The van der Waals surface area contributed by atoms with Crippen molar-refractivity contribution in [3.63, 3.8) is 0 Å². The van der Waals surface area contributed by atoms with E-state index >= 15 is 0 Å². The van der Waals surface area contributed by atoms with Gasteiger partial charge in [-0.15, -0.1) is 0 Å². The number of aromatic nitrogens is 3. The largest absolute Gasteiger partial charge is 0.309 e. The zero-order valence-electron chi connectivity index (χ0n) is 33.4. The molecule has 298 valence electrons. The van der Waals surface area contributed by atoms with Gasteiger partial charge >= 0.3 is 0 Å². The Morgan fingerprint density at radius 2 is 0.571 bits per heavy atom. The molecule has 0 saturated heterocycles. The minimum Gasteiger partial charge on any atom is -0.309 e. The zero-order chi connectivity index (χ0) is 42.3. The van der Waals surface area contributed by atoms with Crippen LogP contribution in [0.5, 0.6) is 0 Å². The molecule has 0 saturated carbocycles. The topological polar surface area (TPSA) is 101 Å². The lowest BCUT2D eigenvalue weighted by Crippen LogP contribution is -1.94. The van der Waals surface area contributed by atoms with Crippen molar-refractivity contribution in [1.82, 2.24) is 13.7 Å². The number of nitro groups is 2. The molecule has 0 amide bonds. The Bertz CT molecular complexity index is 3620. The van der Waals surface area contributed by atoms with E-state index in [1.54, 1.807) is 24.3 Å². The Kier molecular flexibility index (Phi) is 7.94. The van der Waals surface area contributed by atoms with Gasteiger partial charge in [0.2, 0.25) is 0 Å². The minimum absolute atomic E-state index is 0.0486. The molecule has 0 aliphatic rings. The molecule has 9 heteroatoms. The van der Waals surface area contributed by atoms with Crippen LogP contribution in [0.4, 0.5) is 11.4 Å². The van der Waals surface area contributed by atoms with Crippen molar-refractivity contribution >= 4 is 76.8 Å². The maximum atomic E-state index is 11.9. The molecule has 0 aliphatic heterocycles. The Morgan fingerprint density at radius 1 is 0.286 bits per heavy atom. The highest BCUT2D eigenvalue weighted by atomic mass is 16.6. The molecule has 0 N–H and O–H groups in total. The van der Waals surface area contributed by atoms with Crippen LogP contribution in [-0.4, -0.2) is 23.5 Å². The molecule has 12 aromatic rings. The number of para-hydroxylation sites is 3. The SMILES string of the molecule is O=[N+]([O-])c1ccc2c3cc(-c4ccc5c(c4)c4cc(-c6ccc7c(c6)c6ccc([N+](=O)[O-])cc6n7-c6ccccc6)ccc4n5-c4ccccc4)ccc3n(-c3ccccc3)c2c1. The Hall–Kier alpha value is -8.82. The number of rotatable bonds is 7. The molecule has 0 bridgehead atoms. The second-order valence-electron chi connectivity index (χ2n) is 15.9. The number of nitro benzene ring substituents is 2. The summed E-state index contributed by atoms with van der Waals surface area (Å²) in [5.74, 6) is 0. The van der Waals surface area contributed by atoms with Crippen LogP contribution in [0.1, 0.15) is 0 Å². The van der Waals surface area contributed by atoms with Gasteiger partial charge in [-0.2, -0.15) is 0 Å². The minimum atomic E-state index is -0.344. The number of fused-ring (bicyclic) bond motifs is 9. The van der Waals surface area contributed by atoms with E-state index < -0.39 is 0 Å². The van der Waals surface area contributed by atoms with Gasteiger partial charge in [-0.3, -0.25) is 20.2 Å². The first kappa shape index (κ1) is 36.1.